The van der Waals surface area contributed by atoms with Gasteiger partial charge in [0.25, 0.3) is 0 Å². The predicted molar refractivity (Wildman–Crippen MR) is 78.1 cm³/mol. The highest BCUT2D eigenvalue weighted by atomic mass is 35.5. The lowest BCUT2D eigenvalue weighted by molar-refractivity contribution is 0.281. The van der Waals surface area contributed by atoms with Crippen LogP contribution in [-0.4, -0.2) is 5.11 Å². The maximum Gasteiger partial charge on any atom is 0.145 e. The third kappa shape index (κ3) is 2.93. The number of halogens is 1. The number of hydrogen-bond donors (Lipinski definition) is 1. The van der Waals surface area contributed by atoms with Gasteiger partial charge in [-0.15, -0.1) is 0 Å². The zero-order valence-electron chi connectivity index (χ0n) is 11.3. The Balaban J connectivity index is 2.43. The molecule has 2 aromatic carbocycles. The van der Waals surface area contributed by atoms with Gasteiger partial charge in [-0.2, -0.15) is 5.26 Å². The highest BCUT2D eigenvalue weighted by molar-refractivity contribution is 6.30. The van der Waals surface area contributed by atoms with Crippen LogP contribution >= 0.6 is 11.6 Å². The molecule has 2 aromatic rings. The fourth-order valence-corrected chi connectivity index (χ4v) is 2.35. The van der Waals surface area contributed by atoms with Crippen molar-refractivity contribution in [2.75, 3.05) is 0 Å². The van der Waals surface area contributed by atoms with Gasteiger partial charge >= 0.3 is 0 Å². The quantitative estimate of drug-likeness (QED) is 0.924. The number of nitriles is 1. The molecule has 1 N–H and O–H groups in total. The van der Waals surface area contributed by atoms with Gasteiger partial charge in [0.1, 0.15) is 17.6 Å². The predicted octanol–water partition coefficient (Wildman–Crippen LogP) is 4.11. The Morgan fingerprint density at radius 1 is 1.20 bits per heavy atom. The fraction of sp³-hybridized carbons (Fsp3) is 0.188. The molecule has 0 spiro atoms. The Labute approximate surface area is 123 Å². The number of aliphatic hydroxyl groups excluding tert-OH is 1. The second-order valence-electron chi connectivity index (χ2n) is 4.57. The minimum Gasteiger partial charge on any atom is -0.455 e. The van der Waals surface area contributed by atoms with Crippen LogP contribution in [-0.2, 0) is 6.61 Å². The molecule has 0 aromatic heterocycles. The summed E-state index contributed by atoms with van der Waals surface area (Å²) in [5.74, 6) is 1.17. The Bertz CT molecular complexity index is 666. The van der Waals surface area contributed by atoms with Crippen molar-refractivity contribution in [2.45, 2.75) is 20.5 Å². The summed E-state index contributed by atoms with van der Waals surface area (Å²) in [5.41, 5.74) is 2.89. The van der Waals surface area contributed by atoms with E-state index in [1.165, 1.54) is 0 Å². The summed E-state index contributed by atoms with van der Waals surface area (Å²) in [6, 6.07) is 10.8. The Kier molecular flexibility index (Phi) is 4.29. The van der Waals surface area contributed by atoms with Gasteiger partial charge in [-0.3, -0.25) is 0 Å². The molecule has 4 heteroatoms. The Hall–Kier alpha value is -2.02. The van der Waals surface area contributed by atoms with Gasteiger partial charge in [0, 0.05) is 5.02 Å². The summed E-state index contributed by atoms with van der Waals surface area (Å²) < 4.78 is 5.85. The first-order valence-electron chi connectivity index (χ1n) is 6.13. The number of rotatable bonds is 3. The lowest BCUT2D eigenvalue weighted by atomic mass is 10.1. The van der Waals surface area contributed by atoms with E-state index in [1.807, 2.05) is 26.0 Å². The SMILES string of the molecule is Cc1cc(Cl)cc(C)c1Oc1ccc(CO)cc1C#N. The Morgan fingerprint density at radius 3 is 2.40 bits per heavy atom. The lowest BCUT2D eigenvalue weighted by Crippen LogP contribution is -1.95. The van der Waals surface area contributed by atoms with Gasteiger partial charge in [-0.1, -0.05) is 17.7 Å². The molecule has 102 valence electrons. The monoisotopic (exact) mass is 287 g/mol. The normalized spacial score (nSPS) is 10.2. The number of nitrogens with zero attached hydrogens (tertiary/aromatic N) is 1. The molecule has 0 saturated carbocycles. The van der Waals surface area contributed by atoms with Gasteiger partial charge < -0.3 is 9.84 Å². The number of aryl methyl sites for hydroxylation is 2. The van der Waals surface area contributed by atoms with Gasteiger partial charge in [-0.05, 0) is 54.8 Å². The van der Waals surface area contributed by atoms with E-state index in [2.05, 4.69) is 6.07 Å². The molecule has 2 rings (SSSR count). The van der Waals surface area contributed by atoms with Gasteiger partial charge in [0.2, 0.25) is 0 Å². The third-order valence-corrected chi connectivity index (χ3v) is 3.20. The first kappa shape index (κ1) is 14.4. The van der Waals surface area contributed by atoms with E-state index < -0.39 is 0 Å². The van der Waals surface area contributed by atoms with Crippen LogP contribution in [0.3, 0.4) is 0 Å². The van der Waals surface area contributed by atoms with Crippen molar-refractivity contribution in [3.8, 4) is 17.6 Å². The molecule has 0 bridgehead atoms. The minimum absolute atomic E-state index is 0.103. The number of hydrogen-bond acceptors (Lipinski definition) is 3. The van der Waals surface area contributed by atoms with Crippen molar-refractivity contribution in [3.63, 3.8) is 0 Å². The molecule has 0 saturated heterocycles. The molecule has 0 aliphatic carbocycles. The molecule has 0 aliphatic heterocycles. The molecule has 0 radical (unpaired) electrons. The van der Waals surface area contributed by atoms with E-state index in [1.54, 1.807) is 18.2 Å². The number of ether oxygens (including phenoxy) is 1. The van der Waals surface area contributed by atoms with Gasteiger partial charge in [0.05, 0.1) is 12.2 Å². The lowest BCUT2D eigenvalue weighted by Gasteiger charge is -2.13. The smallest absolute Gasteiger partial charge is 0.145 e. The molecule has 20 heavy (non-hydrogen) atoms. The number of benzene rings is 2. The van der Waals surface area contributed by atoms with Crippen molar-refractivity contribution in [2.24, 2.45) is 0 Å². The highest BCUT2D eigenvalue weighted by Gasteiger charge is 2.11. The zero-order valence-corrected chi connectivity index (χ0v) is 12.0. The molecule has 0 aliphatic rings. The van der Waals surface area contributed by atoms with E-state index in [0.717, 1.165) is 11.1 Å². The fourth-order valence-electron chi connectivity index (χ4n) is 2.02. The zero-order chi connectivity index (χ0) is 14.7. The molecule has 0 atom stereocenters. The summed E-state index contributed by atoms with van der Waals surface area (Å²) in [6.45, 7) is 3.71. The second kappa shape index (κ2) is 5.96. The molecular formula is C16H14ClNO2. The van der Waals surface area contributed by atoms with E-state index in [4.69, 9.17) is 26.7 Å². The largest absolute Gasteiger partial charge is 0.455 e. The molecule has 3 nitrogen and oxygen atoms in total. The van der Waals surface area contributed by atoms with Crippen LogP contribution in [0.15, 0.2) is 30.3 Å². The molecule has 0 unspecified atom stereocenters. The van der Waals surface area contributed by atoms with Crippen LogP contribution in [0.25, 0.3) is 0 Å². The summed E-state index contributed by atoms with van der Waals surface area (Å²) in [6.07, 6.45) is 0. The van der Waals surface area contributed by atoms with Crippen molar-refractivity contribution in [1.29, 1.82) is 5.26 Å². The summed E-state index contributed by atoms with van der Waals surface area (Å²) >= 11 is 5.99. The maximum absolute atomic E-state index is 9.17. The van der Waals surface area contributed by atoms with Crippen LogP contribution in [0.2, 0.25) is 5.02 Å². The molecule has 0 fully saturated rings. The van der Waals surface area contributed by atoms with E-state index in [0.29, 0.717) is 27.6 Å². The van der Waals surface area contributed by atoms with Crippen LogP contribution in [0.4, 0.5) is 0 Å². The topological polar surface area (TPSA) is 53.2 Å². The molecule has 0 heterocycles. The first-order valence-corrected chi connectivity index (χ1v) is 6.51. The maximum atomic E-state index is 9.17. The average molecular weight is 288 g/mol. The van der Waals surface area contributed by atoms with Crippen molar-refractivity contribution in [3.05, 3.63) is 57.6 Å². The van der Waals surface area contributed by atoms with E-state index in [9.17, 15) is 0 Å². The van der Waals surface area contributed by atoms with Gasteiger partial charge in [-0.25, -0.2) is 0 Å². The standard InChI is InChI=1S/C16H14ClNO2/c1-10-5-14(17)6-11(2)16(10)20-15-4-3-12(9-19)7-13(15)8-18/h3-7,19H,9H2,1-2H3. The summed E-state index contributed by atoms with van der Waals surface area (Å²) in [5, 5.41) is 18.9. The van der Waals surface area contributed by atoms with Crippen LogP contribution in [0, 0.1) is 25.2 Å². The first-order chi connectivity index (χ1) is 9.55. The van der Waals surface area contributed by atoms with Crippen LogP contribution in [0.5, 0.6) is 11.5 Å². The highest BCUT2D eigenvalue weighted by Crippen LogP contribution is 2.33. The molecule has 0 amide bonds. The number of aliphatic hydroxyl groups is 1. The van der Waals surface area contributed by atoms with Crippen LogP contribution < -0.4 is 4.74 Å². The van der Waals surface area contributed by atoms with Gasteiger partial charge in [0.15, 0.2) is 0 Å². The van der Waals surface area contributed by atoms with Crippen LogP contribution in [0.1, 0.15) is 22.3 Å². The van der Waals surface area contributed by atoms with Crippen molar-refractivity contribution < 1.29 is 9.84 Å². The second-order valence-corrected chi connectivity index (χ2v) is 5.01. The minimum atomic E-state index is -0.103. The van der Waals surface area contributed by atoms with Crippen molar-refractivity contribution >= 4 is 11.6 Å². The average Bonchev–Trinajstić information content (AvgIpc) is 2.42. The molecular weight excluding hydrogens is 274 g/mol. The summed E-state index contributed by atoms with van der Waals surface area (Å²) in [4.78, 5) is 0. The third-order valence-electron chi connectivity index (χ3n) is 2.98. The van der Waals surface area contributed by atoms with E-state index in [-0.39, 0.29) is 6.61 Å². The Morgan fingerprint density at radius 2 is 1.85 bits per heavy atom. The van der Waals surface area contributed by atoms with Crippen molar-refractivity contribution in [1.82, 2.24) is 0 Å². The summed E-state index contributed by atoms with van der Waals surface area (Å²) in [7, 11) is 0. The van der Waals surface area contributed by atoms with E-state index >= 15 is 0 Å².